The van der Waals surface area contributed by atoms with Gasteiger partial charge >= 0.3 is 7.12 Å². The van der Waals surface area contributed by atoms with Crippen molar-refractivity contribution >= 4 is 12.6 Å². The lowest BCUT2D eigenvalue weighted by molar-refractivity contribution is -0.0409. The summed E-state index contributed by atoms with van der Waals surface area (Å²) in [5.74, 6) is 0.737. The minimum Gasteiger partial charge on any atom is -0.497 e. The molecule has 5 nitrogen and oxygen atoms in total. The standard InChI is InChI=1S/C14H20BNO4/c1-19-11-4-5-14(15(17)18)10(6-11)7-16-8-12-2-3-13(9-16)20-12/h4-6,12-13,17-18H,2-3,7-9H2,1H3. The first kappa shape index (κ1) is 13.9. The third-order valence-corrected chi connectivity index (χ3v) is 4.14. The van der Waals surface area contributed by atoms with Gasteiger partial charge in [0.05, 0.1) is 19.3 Å². The van der Waals surface area contributed by atoms with Crippen molar-refractivity contribution in [3.8, 4) is 5.75 Å². The Kier molecular flexibility index (Phi) is 3.98. The summed E-state index contributed by atoms with van der Waals surface area (Å²) < 4.78 is 11.0. The van der Waals surface area contributed by atoms with Gasteiger partial charge in [0.25, 0.3) is 0 Å². The van der Waals surface area contributed by atoms with Gasteiger partial charge in [0.1, 0.15) is 5.75 Å². The molecular weight excluding hydrogens is 257 g/mol. The number of hydrogen-bond acceptors (Lipinski definition) is 5. The molecule has 108 valence electrons. The molecular formula is C14H20BNO4. The van der Waals surface area contributed by atoms with E-state index in [-0.39, 0.29) is 0 Å². The average Bonchev–Trinajstić information content (AvgIpc) is 2.77. The average molecular weight is 277 g/mol. The van der Waals surface area contributed by atoms with Crippen molar-refractivity contribution in [2.75, 3.05) is 20.2 Å². The van der Waals surface area contributed by atoms with E-state index in [0.717, 1.165) is 37.2 Å². The molecule has 2 saturated heterocycles. The summed E-state index contributed by atoms with van der Waals surface area (Å²) in [6.07, 6.45) is 2.94. The third kappa shape index (κ3) is 2.83. The van der Waals surface area contributed by atoms with Gasteiger partial charge in [0, 0.05) is 19.6 Å². The van der Waals surface area contributed by atoms with Crippen LogP contribution in [0.15, 0.2) is 18.2 Å². The summed E-state index contributed by atoms with van der Waals surface area (Å²) >= 11 is 0. The van der Waals surface area contributed by atoms with E-state index in [1.165, 1.54) is 0 Å². The molecule has 2 fully saturated rings. The largest absolute Gasteiger partial charge is 0.497 e. The van der Waals surface area contributed by atoms with Gasteiger partial charge in [-0.25, -0.2) is 0 Å². The van der Waals surface area contributed by atoms with Crippen molar-refractivity contribution in [1.82, 2.24) is 4.90 Å². The van der Waals surface area contributed by atoms with Crippen LogP contribution in [0.4, 0.5) is 0 Å². The quantitative estimate of drug-likeness (QED) is 0.742. The zero-order valence-corrected chi connectivity index (χ0v) is 11.7. The number of rotatable bonds is 4. The number of likely N-dealkylation sites (tertiary alicyclic amines) is 1. The lowest BCUT2D eigenvalue weighted by Gasteiger charge is -2.32. The highest BCUT2D eigenvalue weighted by atomic mass is 16.5. The van der Waals surface area contributed by atoms with Crippen molar-refractivity contribution in [2.24, 2.45) is 0 Å². The van der Waals surface area contributed by atoms with E-state index in [0.29, 0.717) is 24.2 Å². The molecule has 1 aromatic carbocycles. The van der Waals surface area contributed by atoms with E-state index in [1.807, 2.05) is 6.07 Å². The molecule has 2 N–H and O–H groups in total. The molecule has 0 aromatic heterocycles. The van der Waals surface area contributed by atoms with Crippen molar-refractivity contribution in [3.05, 3.63) is 23.8 Å². The van der Waals surface area contributed by atoms with Crippen molar-refractivity contribution in [2.45, 2.75) is 31.6 Å². The Balaban J connectivity index is 1.78. The number of benzene rings is 1. The molecule has 2 atom stereocenters. The molecule has 2 unspecified atom stereocenters. The predicted octanol–water partition coefficient (Wildman–Crippen LogP) is -0.262. The summed E-state index contributed by atoms with van der Waals surface area (Å²) in [4.78, 5) is 2.33. The monoisotopic (exact) mass is 277 g/mol. The lowest BCUT2D eigenvalue weighted by Crippen LogP contribution is -2.44. The number of hydrogen-bond donors (Lipinski definition) is 2. The van der Waals surface area contributed by atoms with Crippen molar-refractivity contribution < 1.29 is 19.5 Å². The maximum absolute atomic E-state index is 9.49. The Bertz CT molecular complexity index is 470. The van der Waals surface area contributed by atoms with Crippen LogP contribution in [0, 0.1) is 0 Å². The zero-order chi connectivity index (χ0) is 14.1. The van der Waals surface area contributed by atoms with Crippen molar-refractivity contribution in [3.63, 3.8) is 0 Å². The topological polar surface area (TPSA) is 62.2 Å². The molecule has 2 aliphatic rings. The smallest absolute Gasteiger partial charge is 0.488 e. The number of fused-ring (bicyclic) bond motifs is 2. The Morgan fingerprint density at radius 3 is 2.60 bits per heavy atom. The fraction of sp³-hybridized carbons (Fsp3) is 0.571. The van der Waals surface area contributed by atoms with Crippen LogP contribution in [0.3, 0.4) is 0 Å². The molecule has 2 bridgehead atoms. The highest BCUT2D eigenvalue weighted by Crippen LogP contribution is 2.27. The second-order valence-electron chi connectivity index (χ2n) is 5.59. The molecule has 20 heavy (non-hydrogen) atoms. The second kappa shape index (κ2) is 5.73. The van der Waals surface area contributed by atoms with Crippen LogP contribution in [-0.2, 0) is 11.3 Å². The van der Waals surface area contributed by atoms with Gasteiger partial charge in [-0.3, -0.25) is 4.90 Å². The van der Waals surface area contributed by atoms with E-state index in [9.17, 15) is 10.0 Å². The van der Waals surface area contributed by atoms with Gasteiger partial charge in [-0.1, -0.05) is 6.07 Å². The first-order valence-corrected chi connectivity index (χ1v) is 7.06. The fourth-order valence-corrected chi connectivity index (χ4v) is 3.17. The third-order valence-electron chi connectivity index (χ3n) is 4.14. The van der Waals surface area contributed by atoms with E-state index in [2.05, 4.69) is 4.90 Å². The SMILES string of the molecule is COc1ccc(B(O)O)c(CN2CC3CCC(C2)O3)c1. The molecule has 6 heteroatoms. The molecule has 0 saturated carbocycles. The first-order chi connectivity index (χ1) is 9.65. The number of ether oxygens (including phenoxy) is 2. The van der Waals surface area contributed by atoms with E-state index < -0.39 is 7.12 Å². The van der Waals surface area contributed by atoms with E-state index in [4.69, 9.17) is 9.47 Å². The first-order valence-electron chi connectivity index (χ1n) is 7.06. The van der Waals surface area contributed by atoms with E-state index in [1.54, 1.807) is 19.2 Å². The molecule has 0 amide bonds. The molecule has 0 radical (unpaired) electrons. The molecule has 0 aliphatic carbocycles. The van der Waals surface area contributed by atoms with Crippen LogP contribution < -0.4 is 10.2 Å². The molecule has 0 spiro atoms. The number of nitrogens with zero attached hydrogens (tertiary/aromatic N) is 1. The Morgan fingerprint density at radius 1 is 1.30 bits per heavy atom. The lowest BCUT2D eigenvalue weighted by atomic mass is 9.77. The Morgan fingerprint density at radius 2 is 2.00 bits per heavy atom. The number of methoxy groups -OCH3 is 1. The van der Waals surface area contributed by atoms with Crippen molar-refractivity contribution in [1.29, 1.82) is 0 Å². The van der Waals surface area contributed by atoms with Gasteiger partial charge < -0.3 is 19.5 Å². The van der Waals surface area contributed by atoms with Crippen LogP contribution >= 0.6 is 0 Å². The van der Waals surface area contributed by atoms with Crippen LogP contribution in [-0.4, -0.2) is 54.5 Å². The predicted molar refractivity (Wildman–Crippen MR) is 76.0 cm³/mol. The van der Waals surface area contributed by atoms with E-state index >= 15 is 0 Å². The van der Waals surface area contributed by atoms with Gasteiger partial charge in [-0.05, 0) is 36.0 Å². The highest BCUT2D eigenvalue weighted by Gasteiger charge is 2.34. The highest BCUT2D eigenvalue weighted by molar-refractivity contribution is 6.59. The van der Waals surface area contributed by atoms with Gasteiger partial charge in [0.2, 0.25) is 0 Å². The fourth-order valence-electron chi connectivity index (χ4n) is 3.17. The summed E-state index contributed by atoms with van der Waals surface area (Å²) in [5.41, 5.74) is 1.45. The molecule has 1 aromatic rings. The Hall–Kier alpha value is -1.08. The van der Waals surface area contributed by atoms with Crippen LogP contribution in [0.2, 0.25) is 0 Å². The van der Waals surface area contributed by atoms with Gasteiger partial charge in [0.15, 0.2) is 0 Å². The normalized spacial score (nSPS) is 25.8. The minimum atomic E-state index is -1.45. The van der Waals surface area contributed by atoms with Gasteiger partial charge in [-0.2, -0.15) is 0 Å². The van der Waals surface area contributed by atoms with Gasteiger partial charge in [-0.15, -0.1) is 0 Å². The summed E-state index contributed by atoms with van der Waals surface area (Å²) in [6, 6.07) is 5.35. The summed E-state index contributed by atoms with van der Waals surface area (Å²) in [7, 11) is 0.164. The van der Waals surface area contributed by atoms with Crippen LogP contribution in [0.1, 0.15) is 18.4 Å². The van der Waals surface area contributed by atoms with Crippen LogP contribution in [0.25, 0.3) is 0 Å². The maximum Gasteiger partial charge on any atom is 0.488 e. The number of morpholine rings is 1. The molecule has 2 aliphatic heterocycles. The second-order valence-corrected chi connectivity index (χ2v) is 5.59. The summed E-state index contributed by atoms with van der Waals surface area (Å²) in [5, 5.41) is 19.0. The Labute approximate surface area is 119 Å². The zero-order valence-electron chi connectivity index (χ0n) is 11.7. The minimum absolute atomic E-state index is 0.335. The maximum atomic E-state index is 9.49. The molecule has 3 rings (SSSR count). The van der Waals surface area contributed by atoms with Crippen LogP contribution in [0.5, 0.6) is 5.75 Å². The molecule has 2 heterocycles. The summed E-state index contributed by atoms with van der Waals surface area (Å²) in [6.45, 7) is 2.52.